The van der Waals surface area contributed by atoms with Crippen LogP contribution in [0.3, 0.4) is 0 Å². The summed E-state index contributed by atoms with van der Waals surface area (Å²) in [7, 11) is 3.66. The number of rotatable bonds is 10. The Bertz CT molecular complexity index is 194. The monoisotopic (exact) mass is 244 g/mol. The maximum Gasteiger partial charge on any atom is 0.0589 e. The molecule has 0 aromatic heterocycles. The van der Waals surface area contributed by atoms with Gasteiger partial charge in [-0.25, -0.2) is 0 Å². The molecule has 0 aromatic rings. The SMILES string of the molecule is CNC(CO)CCN(CCOC)C(C)C1CC1. The van der Waals surface area contributed by atoms with Crippen LogP contribution in [0.4, 0.5) is 0 Å². The molecule has 0 heterocycles. The Morgan fingerprint density at radius 3 is 2.59 bits per heavy atom. The number of nitrogens with zero attached hydrogens (tertiary/aromatic N) is 1. The van der Waals surface area contributed by atoms with Gasteiger partial charge >= 0.3 is 0 Å². The van der Waals surface area contributed by atoms with Crippen LogP contribution in [0.2, 0.25) is 0 Å². The number of ether oxygens (including phenoxy) is 1. The molecular formula is C13H28N2O2. The van der Waals surface area contributed by atoms with Crippen molar-refractivity contribution in [1.82, 2.24) is 10.2 Å². The Labute approximate surface area is 105 Å². The summed E-state index contributed by atoms with van der Waals surface area (Å²) >= 11 is 0. The largest absolute Gasteiger partial charge is 0.395 e. The zero-order valence-electron chi connectivity index (χ0n) is 11.5. The van der Waals surface area contributed by atoms with Gasteiger partial charge in [0, 0.05) is 32.3 Å². The van der Waals surface area contributed by atoms with Crippen LogP contribution in [0.15, 0.2) is 0 Å². The molecule has 2 N–H and O–H groups in total. The lowest BCUT2D eigenvalue weighted by Crippen LogP contribution is -2.41. The summed E-state index contributed by atoms with van der Waals surface area (Å²) in [4.78, 5) is 2.50. The summed E-state index contributed by atoms with van der Waals surface area (Å²) in [5.74, 6) is 0.883. The van der Waals surface area contributed by atoms with Crippen LogP contribution >= 0.6 is 0 Å². The fourth-order valence-electron chi connectivity index (χ4n) is 2.25. The van der Waals surface area contributed by atoms with Gasteiger partial charge in [-0.2, -0.15) is 0 Å². The molecule has 1 rings (SSSR count). The number of likely N-dealkylation sites (N-methyl/N-ethyl adjacent to an activating group) is 1. The maximum absolute atomic E-state index is 9.17. The second-order valence-electron chi connectivity index (χ2n) is 5.06. The standard InChI is InChI=1S/C13H28N2O2/c1-11(12-4-5-12)15(8-9-17-3)7-6-13(10-16)14-2/h11-14,16H,4-10H2,1-3H3. The van der Waals surface area contributed by atoms with Gasteiger partial charge in [0.25, 0.3) is 0 Å². The van der Waals surface area contributed by atoms with E-state index in [2.05, 4.69) is 17.1 Å². The second kappa shape index (κ2) is 8.03. The van der Waals surface area contributed by atoms with Gasteiger partial charge in [0.05, 0.1) is 13.2 Å². The first kappa shape index (κ1) is 14.9. The Balaban J connectivity index is 2.33. The molecule has 0 aromatic carbocycles. The smallest absolute Gasteiger partial charge is 0.0589 e. The van der Waals surface area contributed by atoms with Gasteiger partial charge in [-0.15, -0.1) is 0 Å². The van der Waals surface area contributed by atoms with E-state index in [0.29, 0.717) is 6.04 Å². The molecule has 17 heavy (non-hydrogen) atoms. The van der Waals surface area contributed by atoms with Gasteiger partial charge in [-0.3, -0.25) is 4.90 Å². The highest BCUT2D eigenvalue weighted by molar-refractivity contribution is 4.85. The average Bonchev–Trinajstić information content (AvgIpc) is 3.17. The van der Waals surface area contributed by atoms with Crippen molar-refractivity contribution in [2.75, 3.05) is 40.5 Å². The van der Waals surface area contributed by atoms with Crippen molar-refractivity contribution in [2.24, 2.45) is 5.92 Å². The molecule has 0 amide bonds. The van der Waals surface area contributed by atoms with Crippen molar-refractivity contribution in [3.63, 3.8) is 0 Å². The number of hydrogen-bond acceptors (Lipinski definition) is 4. The van der Waals surface area contributed by atoms with Crippen molar-refractivity contribution in [3.05, 3.63) is 0 Å². The number of aliphatic hydroxyl groups is 1. The van der Waals surface area contributed by atoms with Gasteiger partial charge in [-0.05, 0) is 39.2 Å². The van der Waals surface area contributed by atoms with Crippen LogP contribution in [0.1, 0.15) is 26.2 Å². The van der Waals surface area contributed by atoms with E-state index < -0.39 is 0 Å². The lowest BCUT2D eigenvalue weighted by molar-refractivity contribution is 0.110. The van der Waals surface area contributed by atoms with E-state index >= 15 is 0 Å². The molecule has 1 saturated carbocycles. The normalized spacial score (nSPS) is 19.6. The number of aliphatic hydroxyl groups excluding tert-OH is 1. The fraction of sp³-hybridized carbons (Fsp3) is 1.00. The van der Waals surface area contributed by atoms with E-state index in [1.165, 1.54) is 12.8 Å². The van der Waals surface area contributed by atoms with Gasteiger partial charge in [0.2, 0.25) is 0 Å². The molecule has 1 aliphatic rings. The number of hydrogen-bond donors (Lipinski definition) is 2. The molecular weight excluding hydrogens is 216 g/mol. The molecule has 1 aliphatic carbocycles. The summed E-state index contributed by atoms with van der Waals surface area (Å²) in [5, 5.41) is 12.3. The zero-order chi connectivity index (χ0) is 12.7. The van der Waals surface area contributed by atoms with Crippen molar-refractivity contribution >= 4 is 0 Å². The van der Waals surface area contributed by atoms with E-state index in [4.69, 9.17) is 9.84 Å². The number of nitrogens with one attached hydrogen (secondary N) is 1. The van der Waals surface area contributed by atoms with E-state index in [-0.39, 0.29) is 12.6 Å². The minimum absolute atomic E-state index is 0.214. The summed E-state index contributed by atoms with van der Waals surface area (Å²) in [6.45, 7) is 5.36. The van der Waals surface area contributed by atoms with E-state index in [0.717, 1.165) is 32.0 Å². The third-order valence-corrected chi connectivity index (χ3v) is 3.86. The Hall–Kier alpha value is -0.160. The predicted octanol–water partition coefficient (Wildman–Crippen LogP) is 0.704. The lowest BCUT2D eigenvalue weighted by atomic mass is 10.1. The molecule has 0 bridgehead atoms. The van der Waals surface area contributed by atoms with Gasteiger partial charge in [-0.1, -0.05) is 0 Å². The summed E-state index contributed by atoms with van der Waals surface area (Å²) in [6, 6.07) is 0.868. The third-order valence-electron chi connectivity index (χ3n) is 3.86. The Kier molecular flexibility index (Phi) is 7.04. The highest BCUT2D eigenvalue weighted by Crippen LogP contribution is 2.35. The first-order valence-electron chi connectivity index (χ1n) is 6.74. The van der Waals surface area contributed by atoms with Gasteiger partial charge in [0.1, 0.15) is 0 Å². The van der Waals surface area contributed by atoms with Crippen LogP contribution in [0, 0.1) is 5.92 Å². The highest BCUT2D eigenvalue weighted by Gasteiger charge is 2.31. The average molecular weight is 244 g/mol. The predicted molar refractivity (Wildman–Crippen MR) is 70.2 cm³/mol. The van der Waals surface area contributed by atoms with Crippen molar-refractivity contribution in [3.8, 4) is 0 Å². The van der Waals surface area contributed by atoms with E-state index in [9.17, 15) is 0 Å². The van der Waals surface area contributed by atoms with E-state index in [1.54, 1.807) is 7.11 Å². The van der Waals surface area contributed by atoms with Crippen LogP contribution in [0.25, 0.3) is 0 Å². The first-order chi connectivity index (χ1) is 8.22. The molecule has 2 unspecified atom stereocenters. The molecule has 0 aliphatic heterocycles. The topological polar surface area (TPSA) is 44.7 Å². The summed E-state index contributed by atoms with van der Waals surface area (Å²) in [5.41, 5.74) is 0. The van der Waals surface area contributed by atoms with Crippen molar-refractivity contribution in [1.29, 1.82) is 0 Å². The molecule has 1 fully saturated rings. The van der Waals surface area contributed by atoms with Gasteiger partial charge in [0.15, 0.2) is 0 Å². The molecule has 102 valence electrons. The van der Waals surface area contributed by atoms with Gasteiger partial charge < -0.3 is 15.2 Å². The first-order valence-corrected chi connectivity index (χ1v) is 6.74. The summed E-state index contributed by atoms with van der Waals surface area (Å²) < 4.78 is 5.18. The molecule has 2 atom stereocenters. The van der Waals surface area contributed by atoms with E-state index in [1.807, 2.05) is 7.05 Å². The van der Waals surface area contributed by atoms with Crippen LogP contribution in [-0.4, -0.2) is 62.6 Å². The second-order valence-corrected chi connectivity index (χ2v) is 5.06. The quantitative estimate of drug-likeness (QED) is 0.594. The van der Waals surface area contributed by atoms with Crippen LogP contribution < -0.4 is 5.32 Å². The fourth-order valence-corrected chi connectivity index (χ4v) is 2.25. The van der Waals surface area contributed by atoms with Crippen molar-refractivity contribution < 1.29 is 9.84 Å². The summed E-state index contributed by atoms with van der Waals surface area (Å²) in [6.07, 6.45) is 3.74. The third kappa shape index (κ3) is 5.34. The molecule has 4 heteroatoms. The molecule has 0 spiro atoms. The molecule has 0 radical (unpaired) electrons. The molecule has 0 saturated heterocycles. The van der Waals surface area contributed by atoms with Crippen LogP contribution in [-0.2, 0) is 4.74 Å². The maximum atomic E-state index is 9.17. The Morgan fingerprint density at radius 2 is 2.12 bits per heavy atom. The minimum Gasteiger partial charge on any atom is -0.395 e. The lowest BCUT2D eigenvalue weighted by Gasteiger charge is -2.30. The molecule has 4 nitrogen and oxygen atoms in total. The Morgan fingerprint density at radius 1 is 1.41 bits per heavy atom. The number of methoxy groups -OCH3 is 1. The zero-order valence-corrected chi connectivity index (χ0v) is 11.5. The van der Waals surface area contributed by atoms with Crippen molar-refractivity contribution in [2.45, 2.75) is 38.3 Å². The minimum atomic E-state index is 0.214. The van der Waals surface area contributed by atoms with Crippen LogP contribution in [0.5, 0.6) is 0 Å². The highest BCUT2D eigenvalue weighted by atomic mass is 16.5.